The molecule has 2 fully saturated rings. The highest BCUT2D eigenvalue weighted by molar-refractivity contribution is 5.95. The second-order valence-electron chi connectivity index (χ2n) is 7.89. The summed E-state index contributed by atoms with van der Waals surface area (Å²) in [6.45, 7) is 3.83. The van der Waals surface area contributed by atoms with Crippen LogP contribution in [0.5, 0.6) is 0 Å². The van der Waals surface area contributed by atoms with Gasteiger partial charge in [-0.15, -0.1) is 0 Å². The van der Waals surface area contributed by atoms with Crippen LogP contribution < -0.4 is 5.32 Å². The summed E-state index contributed by atoms with van der Waals surface area (Å²) in [6, 6.07) is 17.8. The Labute approximate surface area is 160 Å². The molecule has 2 unspecified atom stereocenters. The molecule has 1 aliphatic heterocycles. The van der Waals surface area contributed by atoms with Crippen molar-refractivity contribution in [1.29, 1.82) is 0 Å². The third-order valence-corrected chi connectivity index (χ3v) is 5.73. The minimum Gasteiger partial charge on any atom is -0.356 e. The Bertz CT molecular complexity index is 812. The summed E-state index contributed by atoms with van der Waals surface area (Å²) in [4.78, 5) is 27.7. The molecule has 2 atom stereocenters. The lowest BCUT2D eigenvalue weighted by molar-refractivity contribution is -0.125. The van der Waals surface area contributed by atoms with Gasteiger partial charge in [0.05, 0.1) is 5.92 Å². The molecular formula is C23H26N2O2. The van der Waals surface area contributed by atoms with E-state index in [0.29, 0.717) is 24.6 Å². The fraction of sp³-hybridized carbons (Fsp3) is 0.391. The van der Waals surface area contributed by atoms with Gasteiger partial charge in [-0.2, -0.15) is 0 Å². The molecule has 0 bridgehead atoms. The van der Waals surface area contributed by atoms with Crippen LogP contribution in [0.2, 0.25) is 0 Å². The quantitative estimate of drug-likeness (QED) is 0.886. The summed E-state index contributed by atoms with van der Waals surface area (Å²) in [5.41, 5.74) is 2.95. The number of benzene rings is 2. The van der Waals surface area contributed by atoms with Gasteiger partial charge in [0.15, 0.2) is 0 Å². The molecule has 1 saturated carbocycles. The molecule has 0 spiro atoms. The summed E-state index contributed by atoms with van der Waals surface area (Å²) in [5, 5.41) is 3.12. The van der Waals surface area contributed by atoms with Crippen LogP contribution in [-0.2, 0) is 4.79 Å². The number of hydrogen-bond acceptors (Lipinski definition) is 2. The lowest BCUT2D eigenvalue weighted by Crippen LogP contribution is -2.36. The standard InChI is InChI=1S/C23H26N2O2/c1-16-7-11-19(12-8-16)23(27)25-14-20(18-5-3-2-4-6-18)21(15-25)22(26)24-13-17-9-10-17/h2-8,11-12,17,20-21H,9-10,13-15H2,1H3,(H,24,26). The molecule has 2 amide bonds. The van der Waals surface area contributed by atoms with E-state index in [0.717, 1.165) is 17.7 Å². The van der Waals surface area contributed by atoms with E-state index in [1.54, 1.807) is 0 Å². The fourth-order valence-electron chi connectivity index (χ4n) is 3.85. The van der Waals surface area contributed by atoms with E-state index in [2.05, 4.69) is 17.4 Å². The van der Waals surface area contributed by atoms with Gasteiger partial charge in [0, 0.05) is 31.1 Å². The van der Waals surface area contributed by atoms with Gasteiger partial charge in [-0.05, 0) is 43.4 Å². The molecule has 27 heavy (non-hydrogen) atoms. The molecule has 2 aromatic rings. The number of hydrogen-bond donors (Lipinski definition) is 1. The van der Waals surface area contributed by atoms with Crippen LogP contribution in [0.15, 0.2) is 54.6 Å². The predicted molar refractivity (Wildman–Crippen MR) is 105 cm³/mol. The molecule has 4 heteroatoms. The van der Waals surface area contributed by atoms with Gasteiger partial charge in [0.1, 0.15) is 0 Å². The van der Waals surface area contributed by atoms with E-state index in [9.17, 15) is 9.59 Å². The summed E-state index contributed by atoms with van der Waals surface area (Å²) in [6.07, 6.45) is 2.43. The van der Waals surface area contributed by atoms with Gasteiger partial charge in [-0.3, -0.25) is 9.59 Å². The first-order valence-electron chi connectivity index (χ1n) is 9.80. The van der Waals surface area contributed by atoms with Crippen LogP contribution in [0.1, 0.15) is 40.2 Å². The molecule has 1 N–H and O–H groups in total. The van der Waals surface area contributed by atoms with E-state index < -0.39 is 0 Å². The van der Waals surface area contributed by atoms with Crippen LogP contribution in [0.3, 0.4) is 0 Å². The minimum atomic E-state index is -0.194. The van der Waals surface area contributed by atoms with Gasteiger partial charge in [-0.1, -0.05) is 48.0 Å². The summed E-state index contributed by atoms with van der Waals surface area (Å²) < 4.78 is 0. The van der Waals surface area contributed by atoms with Gasteiger partial charge in [-0.25, -0.2) is 0 Å². The van der Waals surface area contributed by atoms with Crippen molar-refractivity contribution in [2.24, 2.45) is 11.8 Å². The van der Waals surface area contributed by atoms with Crippen molar-refractivity contribution < 1.29 is 9.59 Å². The van der Waals surface area contributed by atoms with Gasteiger partial charge in [0.2, 0.25) is 5.91 Å². The highest BCUT2D eigenvalue weighted by atomic mass is 16.2. The van der Waals surface area contributed by atoms with E-state index in [4.69, 9.17) is 0 Å². The van der Waals surface area contributed by atoms with Gasteiger partial charge < -0.3 is 10.2 Å². The van der Waals surface area contributed by atoms with Crippen molar-refractivity contribution >= 4 is 11.8 Å². The van der Waals surface area contributed by atoms with Crippen LogP contribution in [0, 0.1) is 18.8 Å². The van der Waals surface area contributed by atoms with Crippen molar-refractivity contribution in [3.63, 3.8) is 0 Å². The van der Waals surface area contributed by atoms with Crippen LogP contribution in [0.25, 0.3) is 0 Å². The molecule has 4 rings (SSSR count). The average Bonchev–Trinajstić information content (AvgIpc) is 3.42. The molecular weight excluding hydrogens is 336 g/mol. The maximum absolute atomic E-state index is 13.0. The van der Waals surface area contributed by atoms with Crippen LogP contribution in [0.4, 0.5) is 0 Å². The Morgan fingerprint density at radius 3 is 2.37 bits per heavy atom. The summed E-state index contributed by atoms with van der Waals surface area (Å²) in [5.74, 6) is 0.583. The zero-order valence-electron chi connectivity index (χ0n) is 15.7. The second-order valence-corrected chi connectivity index (χ2v) is 7.89. The number of rotatable bonds is 5. The Hall–Kier alpha value is -2.62. The number of likely N-dealkylation sites (tertiary alicyclic amines) is 1. The normalized spacial score (nSPS) is 21.9. The molecule has 140 valence electrons. The minimum absolute atomic E-state index is 0.00780. The monoisotopic (exact) mass is 362 g/mol. The molecule has 1 heterocycles. The van der Waals surface area contributed by atoms with E-state index >= 15 is 0 Å². The fourth-order valence-corrected chi connectivity index (χ4v) is 3.85. The molecule has 2 aliphatic rings. The Kier molecular flexibility index (Phi) is 4.97. The second kappa shape index (κ2) is 7.55. The zero-order chi connectivity index (χ0) is 18.8. The predicted octanol–water partition coefficient (Wildman–Crippen LogP) is 3.38. The third-order valence-electron chi connectivity index (χ3n) is 5.73. The SMILES string of the molecule is Cc1ccc(C(=O)N2CC(C(=O)NCC3CC3)C(c3ccccc3)C2)cc1. The van der Waals surface area contributed by atoms with Gasteiger partial charge in [0.25, 0.3) is 5.91 Å². The van der Waals surface area contributed by atoms with Crippen molar-refractivity contribution in [3.05, 3.63) is 71.3 Å². The van der Waals surface area contributed by atoms with Crippen molar-refractivity contribution in [2.75, 3.05) is 19.6 Å². The van der Waals surface area contributed by atoms with Crippen molar-refractivity contribution in [3.8, 4) is 0 Å². The summed E-state index contributed by atoms with van der Waals surface area (Å²) in [7, 11) is 0. The highest BCUT2D eigenvalue weighted by Gasteiger charge is 2.40. The highest BCUT2D eigenvalue weighted by Crippen LogP contribution is 2.34. The lowest BCUT2D eigenvalue weighted by Gasteiger charge is -2.18. The summed E-state index contributed by atoms with van der Waals surface area (Å²) >= 11 is 0. The Morgan fingerprint density at radius 1 is 1.00 bits per heavy atom. The molecule has 4 nitrogen and oxygen atoms in total. The van der Waals surface area contributed by atoms with Gasteiger partial charge >= 0.3 is 0 Å². The molecule has 1 aliphatic carbocycles. The Balaban J connectivity index is 1.53. The topological polar surface area (TPSA) is 49.4 Å². The maximum atomic E-state index is 13.0. The largest absolute Gasteiger partial charge is 0.356 e. The number of nitrogens with one attached hydrogen (secondary N) is 1. The van der Waals surface area contributed by atoms with E-state index in [1.165, 1.54) is 12.8 Å². The number of carbonyl (C=O) groups is 2. The molecule has 2 aromatic carbocycles. The Morgan fingerprint density at radius 2 is 1.70 bits per heavy atom. The number of amides is 2. The van der Waals surface area contributed by atoms with E-state index in [1.807, 2.05) is 54.3 Å². The first kappa shape index (κ1) is 17.8. The maximum Gasteiger partial charge on any atom is 0.253 e. The van der Waals surface area contributed by atoms with Crippen molar-refractivity contribution in [1.82, 2.24) is 10.2 Å². The van der Waals surface area contributed by atoms with Crippen LogP contribution >= 0.6 is 0 Å². The number of carbonyl (C=O) groups excluding carboxylic acids is 2. The number of nitrogens with zero attached hydrogens (tertiary/aromatic N) is 1. The molecule has 1 saturated heterocycles. The zero-order valence-corrected chi connectivity index (χ0v) is 15.7. The first-order chi connectivity index (χ1) is 13.1. The molecule has 0 radical (unpaired) electrons. The average molecular weight is 362 g/mol. The van der Waals surface area contributed by atoms with Crippen LogP contribution in [-0.4, -0.2) is 36.3 Å². The smallest absolute Gasteiger partial charge is 0.253 e. The van der Waals surface area contributed by atoms with E-state index in [-0.39, 0.29) is 23.7 Å². The van der Waals surface area contributed by atoms with Crippen molar-refractivity contribution in [2.45, 2.75) is 25.7 Å². The first-order valence-corrected chi connectivity index (χ1v) is 9.80. The molecule has 0 aromatic heterocycles. The number of aryl methyl sites for hydroxylation is 1. The third kappa shape index (κ3) is 4.05. The lowest BCUT2D eigenvalue weighted by atomic mass is 9.88.